The molecule has 0 radical (unpaired) electrons. The van der Waals surface area contributed by atoms with Crippen molar-refractivity contribution in [2.75, 3.05) is 4.90 Å². The summed E-state index contributed by atoms with van der Waals surface area (Å²) >= 11 is 0. The summed E-state index contributed by atoms with van der Waals surface area (Å²) in [7, 11) is 0. The van der Waals surface area contributed by atoms with Gasteiger partial charge in [0.05, 0.1) is 17.1 Å². The fraction of sp³-hybridized carbons (Fsp3) is 0.231. The van der Waals surface area contributed by atoms with E-state index in [4.69, 9.17) is 0 Å². The lowest BCUT2D eigenvalue weighted by atomic mass is 9.80. The van der Waals surface area contributed by atoms with Crippen molar-refractivity contribution in [2.24, 2.45) is 0 Å². The minimum atomic E-state index is -0.106. The van der Waals surface area contributed by atoms with Gasteiger partial charge in [0.2, 0.25) is 0 Å². The summed E-state index contributed by atoms with van der Waals surface area (Å²) < 4.78 is 0. The van der Waals surface area contributed by atoms with Gasteiger partial charge in [-0.25, -0.2) is 0 Å². The Hall–Kier alpha value is -5.40. The van der Waals surface area contributed by atoms with Crippen LogP contribution in [0.5, 0.6) is 0 Å². The second kappa shape index (κ2) is 12.1. The molecule has 0 spiro atoms. The molecule has 0 unspecified atom stereocenters. The maximum atomic E-state index is 2.63. The predicted octanol–water partition coefficient (Wildman–Crippen LogP) is 14.6. The van der Waals surface area contributed by atoms with Crippen LogP contribution in [0.1, 0.15) is 93.5 Å². The van der Waals surface area contributed by atoms with Crippen LogP contribution in [-0.4, -0.2) is 0 Å². The van der Waals surface area contributed by atoms with Crippen molar-refractivity contribution in [1.82, 2.24) is 0 Å². The van der Waals surface area contributed by atoms with E-state index in [1.165, 1.54) is 121 Å². The highest BCUT2D eigenvalue weighted by molar-refractivity contribution is 6.06. The summed E-state index contributed by atoms with van der Waals surface area (Å²) in [6, 6.07) is 55.4. The van der Waals surface area contributed by atoms with Gasteiger partial charge in [0.1, 0.15) is 0 Å². The molecular weight excluding hydrogens is 639 g/mol. The number of nitrogens with zero attached hydrogens (tertiary/aromatic N) is 1. The Labute approximate surface area is 315 Å². The molecule has 0 aliphatic heterocycles. The Balaban J connectivity index is 1.30. The Bertz CT molecular complexity index is 2450. The zero-order valence-corrected chi connectivity index (χ0v) is 31.4. The van der Waals surface area contributed by atoms with Gasteiger partial charge in [0.25, 0.3) is 0 Å². The zero-order valence-electron chi connectivity index (χ0n) is 31.4. The standard InChI is InChI=1S/C52H47N/c1-51(2)41-27-11-8-23-39(41)49-43(51)29-16-32-46(49)53(47-33-17-30-44-50(47)40-24-9-12-28-42(40)52(44,3)4)45-31-13-10-22-37(45)38-26-15-21-35-20-14-25-36(48(35)38)34-18-6-5-7-19-34/h8-17,20-34H,5-7,18-19H2,1-4H3. The van der Waals surface area contributed by atoms with Gasteiger partial charge in [-0.15, -0.1) is 0 Å². The Morgan fingerprint density at radius 3 is 1.47 bits per heavy atom. The van der Waals surface area contributed by atoms with Crippen LogP contribution >= 0.6 is 0 Å². The van der Waals surface area contributed by atoms with Crippen molar-refractivity contribution in [3.05, 3.63) is 173 Å². The van der Waals surface area contributed by atoms with E-state index in [2.05, 4.69) is 178 Å². The third kappa shape index (κ3) is 4.76. The highest BCUT2D eigenvalue weighted by Crippen LogP contribution is 2.59. The van der Waals surface area contributed by atoms with Gasteiger partial charge in [0.15, 0.2) is 0 Å². The molecule has 1 saturated carbocycles. The summed E-state index contributed by atoms with van der Waals surface area (Å²) in [6.45, 7) is 9.56. The second-order valence-corrected chi connectivity index (χ2v) is 16.7. The van der Waals surface area contributed by atoms with Gasteiger partial charge in [-0.3, -0.25) is 0 Å². The lowest BCUT2D eigenvalue weighted by Crippen LogP contribution is -2.17. The molecular formula is C52H47N. The van der Waals surface area contributed by atoms with Gasteiger partial charge < -0.3 is 4.90 Å². The molecule has 53 heavy (non-hydrogen) atoms. The highest BCUT2D eigenvalue weighted by atomic mass is 15.2. The van der Waals surface area contributed by atoms with Crippen molar-refractivity contribution >= 4 is 27.8 Å². The fourth-order valence-corrected chi connectivity index (χ4v) is 10.5. The molecule has 3 aliphatic rings. The topological polar surface area (TPSA) is 3.24 Å². The first kappa shape index (κ1) is 32.3. The Kier molecular flexibility index (Phi) is 7.35. The highest BCUT2D eigenvalue weighted by Gasteiger charge is 2.41. The van der Waals surface area contributed by atoms with Crippen molar-refractivity contribution in [2.45, 2.75) is 76.5 Å². The van der Waals surface area contributed by atoms with Crippen LogP contribution in [-0.2, 0) is 10.8 Å². The molecule has 0 aromatic heterocycles. The summed E-state index contributed by atoms with van der Waals surface area (Å²) in [6.07, 6.45) is 6.55. The first-order chi connectivity index (χ1) is 25.9. The number of fused-ring (bicyclic) bond motifs is 7. The van der Waals surface area contributed by atoms with Crippen molar-refractivity contribution in [3.8, 4) is 33.4 Å². The fourth-order valence-electron chi connectivity index (χ4n) is 10.5. The van der Waals surface area contributed by atoms with Crippen LogP contribution < -0.4 is 4.90 Å². The van der Waals surface area contributed by atoms with Gasteiger partial charge in [-0.1, -0.05) is 174 Å². The minimum Gasteiger partial charge on any atom is -0.309 e. The molecule has 3 aliphatic carbocycles. The molecule has 260 valence electrons. The number of hydrogen-bond donors (Lipinski definition) is 0. The lowest BCUT2D eigenvalue weighted by Gasteiger charge is -2.33. The molecule has 0 atom stereocenters. The Morgan fingerprint density at radius 2 is 0.868 bits per heavy atom. The minimum absolute atomic E-state index is 0.106. The van der Waals surface area contributed by atoms with E-state index >= 15 is 0 Å². The third-order valence-corrected chi connectivity index (χ3v) is 13.1. The molecule has 7 aromatic rings. The molecule has 10 rings (SSSR count). The average Bonchev–Trinajstić information content (AvgIpc) is 3.58. The van der Waals surface area contributed by atoms with E-state index in [-0.39, 0.29) is 10.8 Å². The number of hydrogen-bond acceptors (Lipinski definition) is 1. The largest absolute Gasteiger partial charge is 0.309 e. The number of benzene rings is 7. The number of rotatable bonds is 5. The van der Waals surface area contributed by atoms with Crippen molar-refractivity contribution < 1.29 is 0 Å². The second-order valence-electron chi connectivity index (χ2n) is 16.7. The molecule has 1 nitrogen and oxygen atoms in total. The van der Waals surface area contributed by atoms with E-state index in [9.17, 15) is 0 Å². The lowest BCUT2D eigenvalue weighted by molar-refractivity contribution is 0.445. The van der Waals surface area contributed by atoms with E-state index in [0.29, 0.717) is 5.92 Å². The van der Waals surface area contributed by atoms with Gasteiger partial charge in [0, 0.05) is 27.5 Å². The molecule has 0 heterocycles. The van der Waals surface area contributed by atoms with Crippen LogP contribution in [0.2, 0.25) is 0 Å². The number of anilines is 3. The third-order valence-electron chi connectivity index (χ3n) is 13.1. The van der Waals surface area contributed by atoms with Crippen molar-refractivity contribution in [1.29, 1.82) is 0 Å². The summed E-state index contributed by atoms with van der Waals surface area (Å²) in [5, 5.41) is 2.75. The molecule has 0 saturated heterocycles. The quantitative estimate of drug-likeness (QED) is 0.174. The Morgan fingerprint density at radius 1 is 0.415 bits per heavy atom. The van der Waals surface area contributed by atoms with Crippen LogP contribution in [0, 0.1) is 0 Å². The molecule has 1 heteroatoms. The first-order valence-electron chi connectivity index (χ1n) is 19.7. The molecule has 7 aromatic carbocycles. The molecule has 0 N–H and O–H groups in total. The smallest absolute Gasteiger partial charge is 0.0543 e. The van der Waals surface area contributed by atoms with Gasteiger partial charge in [-0.2, -0.15) is 0 Å². The van der Waals surface area contributed by atoms with Crippen molar-refractivity contribution in [3.63, 3.8) is 0 Å². The van der Waals surface area contributed by atoms with E-state index in [0.717, 1.165) is 0 Å². The monoisotopic (exact) mass is 685 g/mol. The van der Waals surface area contributed by atoms with E-state index in [1.54, 1.807) is 0 Å². The summed E-state index contributed by atoms with van der Waals surface area (Å²) in [5.74, 6) is 0.601. The summed E-state index contributed by atoms with van der Waals surface area (Å²) in [5.41, 5.74) is 18.5. The van der Waals surface area contributed by atoms with Crippen LogP contribution in [0.4, 0.5) is 17.1 Å². The maximum absolute atomic E-state index is 2.63. The van der Waals surface area contributed by atoms with E-state index < -0.39 is 0 Å². The van der Waals surface area contributed by atoms with Gasteiger partial charge in [-0.05, 0) is 92.2 Å². The molecule has 1 fully saturated rings. The average molecular weight is 686 g/mol. The predicted molar refractivity (Wildman–Crippen MR) is 225 cm³/mol. The van der Waals surface area contributed by atoms with Crippen LogP contribution in [0.15, 0.2) is 146 Å². The van der Waals surface area contributed by atoms with E-state index in [1.807, 2.05) is 0 Å². The first-order valence-corrected chi connectivity index (χ1v) is 19.7. The normalized spacial score (nSPS) is 16.5. The SMILES string of the molecule is CC1(C)c2ccccc2-c2c(N(c3ccccc3-c3cccc4cccc(C5CCCCC5)c34)c3cccc4c3-c3ccccc3C4(C)C)cccc21. The summed E-state index contributed by atoms with van der Waals surface area (Å²) in [4.78, 5) is 2.63. The number of para-hydroxylation sites is 1. The molecule has 0 amide bonds. The maximum Gasteiger partial charge on any atom is 0.0543 e. The molecule has 0 bridgehead atoms. The van der Waals surface area contributed by atoms with Crippen LogP contribution in [0.25, 0.3) is 44.2 Å². The zero-order chi connectivity index (χ0) is 35.9. The van der Waals surface area contributed by atoms with Crippen LogP contribution in [0.3, 0.4) is 0 Å². The van der Waals surface area contributed by atoms with Gasteiger partial charge >= 0.3 is 0 Å².